The number of thiol groups is 1. The first-order chi connectivity index (χ1) is 39.8. The van der Waals surface area contributed by atoms with Crippen molar-refractivity contribution in [1.29, 1.82) is 1.28 Å². The van der Waals surface area contributed by atoms with Crippen molar-refractivity contribution in [2.75, 3.05) is 5.49 Å². The van der Waals surface area contributed by atoms with Crippen LogP contribution in [0.5, 0.6) is 0 Å². The topological polar surface area (TPSA) is 69.2 Å². The number of hydrogen-bond donors (Lipinski definition) is 1. The van der Waals surface area contributed by atoms with Crippen LogP contribution in [-0.2, 0) is 20.6 Å². The summed E-state index contributed by atoms with van der Waals surface area (Å²) in [6.45, 7) is 48.0. The quantitative estimate of drug-likeness (QED) is 0.0259. The molecule has 89 heavy (non-hydrogen) atoms. The average Bonchev–Trinajstić information content (AvgIpc) is 1.42. The standard InChI is InChI=1S/C18H33PS.C17H34OSi2.C11H19ClSi.C8H21O2Si2.C8H14.C6H18O3Si3.3CH4.Li/c1-3-5-6-7-8-9-10-12-16-13-17(11-4-2)18(14-16)19-15-20;1-7-14(2)20(5,6)18-19(3,4)11-10-17-13-15-8-9-16(17)12-15;1-13(2,12)6-5-11-8-9-3-4-10(11)7-9;1-7-8(2)11(3,4)10-12(5,6)9;1-2-4-6-8-7-5-3-1;1-10(2)7-11(3,4)9-12(5,6)8-10;;;;/h4,10-12,16-20H,3,5-9,13-15H2,1-2H3;8-9,14-17H,7,10-13H2,1-6H3;3-4,9-11H,5-8H2,1-2H3;8H,7H2,1-6H3;1-2H,3-8H2;1-6H3;3*1H4;/q;;;-1;;;;;;+1/b11-4+,12-10+;;;;;;;;;/i19D;;;;;;;;;. The molecule has 4 bridgehead atoms. The minimum Gasteiger partial charge on any atom is -0.839 e. The maximum atomic E-state index is 11.5. The van der Waals surface area contributed by atoms with Crippen LogP contribution in [0, 0.1) is 47.3 Å². The van der Waals surface area contributed by atoms with E-state index in [4.69, 9.17) is 32.9 Å². The Labute approximate surface area is 591 Å². The van der Waals surface area contributed by atoms with Gasteiger partial charge in [0.1, 0.15) is 0 Å². The van der Waals surface area contributed by atoms with Crippen molar-refractivity contribution in [3.8, 4) is 0 Å². The minimum atomic E-state index is -2.56. The molecule has 0 aromatic rings. The molecule has 6 aliphatic carbocycles. The van der Waals surface area contributed by atoms with Crippen molar-refractivity contribution in [1.82, 2.24) is 0 Å². The van der Waals surface area contributed by atoms with Gasteiger partial charge in [0.2, 0.25) is 0 Å². The summed E-state index contributed by atoms with van der Waals surface area (Å²) < 4.78 is 38.3. The molecule has 12 atom stereocenters. The molecule has 12 unspecified atom stereocenters. The van der Waals surface area contributed by atoms with Crippen LogP contribution in [0.1, 0.15) is 205 Å². The van der Waals surface area contributed by atoms with E-state index in [1.165, 1.54) is 147 Å². The summed E-state index contributed by atoms with van der Waals surface area (Å²) >= 11 is 10.7. The first kappa shape index (κ1) is 92.9. The van der Waals surface area contributed by atoms with Gasteiger partial charge in [-0.15, -0.1) is 8.53 Å². The second kappa shape index (κ2) is 46.3. The molecular weight excluding hydrogens is 1280 g/mol. The largest absolute Gasteiger partial charge is 1.00 e. The van der Waals surface area contributed by atoms with Crippen molar-refractivity contribution < 1.29 is 44.2 Å². The van der Waals surface area contributed by atoms with Crippen LogP contribution >= 0.6 is 32.2 Å². The van der Waals surface area contributed by atoms with Crippen molar-refractivity contribution in [3.05, 3.63) is 60.8 Å². The van der Waals surface area contributed by atoms with E-state index in [1.54, 1.807) is 13.1 Å². The molecule has 522 valence electrons. The van der Waals surface area contributed by atoms with Crippen molar-refractivity contribution >= 4 is 98.8 Å². The van der Waals surface area contributed by atoms with Gasteiger partial charge in [0.25, 0.3) is 0 Å². The zero-order valence-corrected chi connectivity index (χ0v) is 71.1. The second-order valence-corrected chi connectivity index (χ2v) is 67.8. The zero-order valence-electron chi connectivity index (χ0n) is 61.5. The van der Waals surface area contributed by atoms with Gasteiger partial charge in [0.15, 0.2) is 32.3 Å². The van der Waals surface area contributed by atoms with Gasteiger partial charge < -0.3 is 25.4 Å². The first-order valence-corrected chi connectivity index (χ1v) is 61.2. The number of halogens is 1. The third-order valence-corrected chi connectivity index (χ3v) is 50.1. The predicted molar refractivity (Wildman–Crippen MR) is 424 cm³/mol. The Morgan fingerprint density at radius 1 is 0.640 bits per heavy atom. The van der Waals surface area contributed by atoms with Crippen molar-refractivity contribution in [2.45, 2.75) is 339 Å². The molecule has 0 N–H and O–H groups in total. The Bertz CT molecular complexity index is 1970. The summed E-state index contributed by atoms with van der Waals surface area (Å²) in [5.41, 5.74) is 2.67. The molecule has 0 aromatic carbocycles. The Morgan fingerprint density at radius 3 is 1.47 bits per heavy atom. The number of fused-ring (bicyclic) bond motifs is 4. The summed E-state index contributed by atoms with van der Waals surface area (Å²) in [5, 5.41) is 0. The maximum absolute atomic E-state index is 11.5. The van der Waals surface area contributed by atoms with E-state index in [-0.39, 0.29) is 41.1 Å². The van der Waals surface area contributed by atoms with E-state index in [2.05, 4.69) is 207 Å². The van der Waals surface area contributed by atoms with Crippen LogP contribution in [0.15, 0.2) is 60.8 Å². The molecule has 0 aromatic heterocycles. The summed E-state index contributed by atoms with van der Waals surface area (Å²) in [4.78, 5) is 11.5. The number of rotatable bonds is 24. The fraction of sp³-hybridized carbons (Fsp3) is 0.859. The molecule has 1 aliphatic heterocycles. The molecular formula is C71H151ClLiO6PSSi8. The van der Waals surface area contributed by atoms with Gasteiger partial charge >= 0.3 is 44.5 Å². The van der Waals surface area contributed by atoms with Gasteiger partial charge in [-0.2, -0.15) is 23.7 Å². The van der Waals surface area contributed by atoms with Crippen LogP contribution in [0.4, 0.5) is 0 Å². The van der Waals surface area contributed by atoms with E-state index in [1.807, 2.05) is 0 Å². The zero-order chi connectivity index (χ0) is 65.2. The molecule has 0 spiro atoms. The van der Waals surface area contributed by atoms with E-state index >= 15 is 0 Å². The molecule has 6 nitrogen and oxygen atoms in total. The normalized spacial score (nSPS) is 27.4. The maximum Gasteiger partial charge on any atom is 1.00 e. The summed E-state index contributed by atoms with van der Waals surface area (Å²) in [6, 6.07) is 2.66. The molecule has 4 fully saturated rings. The molecule has 7 aliphatic rings. The summed E-state index contributed by atoms with van der Waals surface area (Å²) in [6.07, 6.45) is 53.6. The molecule has 3 saturated carbocycles. The molecule has 1 saturated heterocycles. The van der Waals surface area contributed by atoms with Crippen LogP contribution < -0.4 is 23.7 Å². The van der Waals surface area contributed by atoms with Gasteiger partial charge in [-0.25, -0.2) is 0 Å². The van der Waals surface area contributed by atoms with Gasteiger partial charge in [0, 0.05) is 5.49 Å². The molecule has 18 heteroatoms. The molecule has 0 radical (unpaired) electrons. The fourth-order valence-electron chi connectivity index (χ4n) is 14.2. The van der Waals surface area contributed by atoms with Crippen LogP contribution in [0.3, 0.4) is 0 Å². The van der Waals surface area contributed by atoms with Crippen molar-refractivity contribution in [3.63, 3.8) is 0 Å². The summed E-state index contributed by atoms with van der Waals surface area (Å²) in [7, 11) is -14.8. The van der Waals surface area contributed by atoms with E-state index in [0.717, 1.165) is 53.0 Å². The van der Waals surface area contributed by atoms with Crippen LogP contribution in [0.2, 0.25) is 128 Å². The van der Waals surface area contributed by atoms with Gasteiger partial charge in [-0.3, -0.25) is 0 Å². The van der Waals surface area contributed by atoms with Gasteiger partial charge in [-0.1, -0.05) is 208 Å². The van der Waals surface area contributed by atoms with E-state index < -0.39 is 75.1 Å². The van der Waals surface area contributed by atoms with Gasteiger partial charge in [-0.05, 0) is 239 Å². The monoisotopic (exact) mass is 1430 g/mol. The Kier molecular flexibility index (Phi) is 48.3. The Balaban J connectivity index is -0.00000103. The van der Waals surface area contributed by atoms with Gasteiger partial charge in [0.05, 0.1) is 9.84 Å². The Hall–Kier alpha value is 1.86. The third-order valence-electron chi connectivity index (χ3n) is 19.1. The fourth-order valence-corrected chi connectivity index (χ4v) is 49.0. The molecule has 7 rings (SSSR count). The third kappa shape index (κ3) is 41.8. The number of unbranched alkanes of at least 4 members (excludes halogenated alkanes) is 5. The first-order valence-electron chi connectivity index (χ1n) is 35.3. The van der Waals surface area contributed by atoms with Crippen molar-refractivity contribution in [2.24, 2.45) is 47.3 Å². The second-order valence-electron chi connectivity index (χ2n) is 31.0. The number of hydrogen-bond acceptors (Lipinski definition) is 7. The summed E-state index contributed by atoms with van der Waals surface area (Å²) in [5.74, 6) is 6.92. The van der Waals surface area contributed by atoms with E-state index in [9.17, 15) is 4.80 Å². The number of allylic oxidation sites excluding steroid dienone is 10. The van der Waals surface area contributed by atoms with Crippen LogP contribution in [-0.4, -0.2) is 79.0 Å². The molecule has 0 amide bonds. The Morgan fingerprint density at radius 2 is 1.09 bits per heavy atom. The minimum absolute atomic E-state index is 0. The molecule has 1 heterocycles. The van der Waals surface area contributed by atoms with E-state index in [0.29, 0.717) is 23.0 Å². The smallest absolute Gasteiger partial charge is 0.839 e. The SMILES string of the molecule is C.C.C.C1=CCCCCCC1.CCC(C)[Si](C)(C)O[Si](C)(C)CCC1CC2C=CC1C2.CCC(C)[Si](C)(C)O[Si](C)(C)[O-].C[Si](C)(Cl)CCC1CC2C=CC1C2.C[Si]1(C)O[Si](C)(C)O[Si](C)(C)O1.[2H]P(CS)C1CC(/C=C/CCCCCCC)CC1/C=C/C.[Li+]. The predicted octanol–water partition coefficient (Wildman–Crippen LogP) is 22.3. The van der Waals surface area contributed by atoms with Crippen LogP contribution in [0.25, 0.3) is 0 Å². The average molecular weight is 1430 g/mol.